The van der Waals surface area contributed by atoms with Gasteiger partial charge in [0.15, 0.2) is 0 Å². The van der Waals surface area contributed by atoms with Gasteiger partial charge in [-0.25, -0.2) is 0 Å². The van der Waals surface area contributed by atoms with E-state index in [1.807, 2.05) is 6.92 Å². The summed E-state index contributed by atoms with van der Waals surface area (Å²) in [5.74, 6) is 0.927. The van der Waals surface area contributed by atoms with E-state index in [2.05, 4.69) is 27.2 Å². The standard InChI is InChI=1S/C14H17F2N3O2/c1-3-8-17-9(2)12-18-19-13(21-12)10-4-6-11(7-5-10)20-14(15)16/h4-7,9,14,17H,3,8H2,1-2H3. The van der Waals surface area contributed by atoms with Gasteiger partial charge in [-0.2, -0.15) is 8.78 Å². The van der Waals surface area contributed by atoms with Crippen LogP contribution in [-0.2, 0) is 0 Å². The third kappa shape index (κ3) is 4.22. The molecular weight excluding hydrogens is 280 g/mol. The summed E-state index contributed by atoms with van der Waals surface area (Å²) in [5, 5.41) is 11.2. The Kier molecular flexibility index (Phi) is 5.21. The number of nitrogens with zero attached hydrogens (tertiary/aromatic N) is 2. The van der Waals surface area contributed by atoms with Gasteiger partial charge in [0.05, 0.1) is 6.04 Å². The molecule has 1 heterocycles. The Labute approximate surface area is 121 Å². The molecule has 1 unspecified atom stereocenters. The summed E-state index contributed by atoms with van der Waals surface area (Å²) < 4.78 is 34.0. The lowest BCUT2D eigenvalue weighted by molar-refractivity contribution is -0.0498. The molecule has 2 aromatic rings. The predicted molar refractivity (Wildman–Crippen MR) is 73.1 cm³/mol. The molecule has 0 radical (unpaired) electrons. The Morgan fingerprint density at radius 3 is 2.57 bits per heavy atom. The molecule has 0 spiro atoms. The fourth-order valence-electron chi connectivity index (χ4n) is 1.75. The van der Waals surface area contributed by atoms with Gasteiger partial charge in [-0.3, -0.25) is 0 Å². The fourth-order valence-corrected chi connectivity index (χ4v) is 1.75. The Morgan fingerprint density at radius 1 is 1.24 bits per heavy atom. The second-order valence-electron chi connectivity index (χ2n) is 4.52. The Balaban J connectivity index is 2.06. The lowest BCUT2D eigenvalue weighted by Crippen LogP contribution is -2.19. The molecular formula is C14H17F2N3O2. The van der Waals surface area contributed by atoms with Crippen molar-refractivity contribution in [2.24, 2.45) is 0 Å². The summed E-state index contributed by atoms with van der Waals surface area (Å²) in [4.78, 5) is 0. The lowest BCUT2D eigenvalue weighted by atomic mass is 10.2. The molecule has 0 aliphatic rings. The molecule has 114 valence electrons. The molecule has 1 atom stereocenters. The first-order chi connectivity index (χ1) is 10.1. The van der Waals surface area contributed by atoms with E-state index < -0.39 is 6.61 Å². The Hall–Kier alpha value is -2.02. The van der Waals surface area contributed by atoms with Crippen molar-refractivity contribution in [3.63, 3.8) is 0 Å². The Morgan fingerprint density at radius 2 is 1.95 bits per heavy atom. The summed E-state index contributed by atoms with van der Waals surface area (Å²) in [6.07, 6.45) is 1.01. The minimum Gasteiger partial charge on any atom is -0.435 e. The fraction of sp³-hybridized carbons (Fsp3) is 0.429. The van der Waals surface area contributed by atoms with E-state index in [4.69, 9.17) is 4.42 Å². The first kappa shape index (κ1) is 15.4. The van der Waals surface area contributed by atoms with E-state index in [0.717, 1.165) is 13.0 Å². The number of rotatable bonds is 7. The van der Waals surface area contributed by atoms with Crippen LogP contribution in [0.4, 0.5) is 8.78 Å². The van der Waals surface area contributed by atoms with Crippen LogP contribution in [0, 0.1) is 0 Å². The predicted octanol–water partition coefficient (Wildman–Crippen LogP) is 3.40. The topological polar surface area (TPSA) is 60.2 Å². The van der Waals surface area contributed by atoms with Crippen molar-refractivity contribution in [1.29, 1.82) is 0 Å². The van der Waals surface area contributed by atoms with Gasteiger partial charge in [-0.1, -0.05) is 6.92 Å². The highest BCUT2D eigenvalue weighted by Gasteiger charge is 2.14. The maximum Gasteiger partial charge on any atom is 0.387 e. The average molecular weight is 297 g/mol. The molecule has 0 saturated heterocycles. The lowest BCUT2D eigenvalue weighted by Gasteiger charge is -2.07. The van der Waals surface area contributed by atoms with Crippen LogP contribution in [0.15, 0.2) is 28.7 Å². The number of nitrogens with one attached hydrogen (secondary N) is 1. The first-order valence-corrected chi connectivity index (χ1v) is 6.72. The van der Waals surface area contributed by atoms with Crippen molar-refractivity contribution >= 4 is 0 Å². The molecule has 0 fully saturated rings. The summed E-state index contributed by atoms with van der Waals surface area (Å²) in [7, 11) is 0. The summed E-state index contributed by atoms with van der Waals surface area (Å²) in [6.45, 7) is 2.03. The van der Waals surface area contributed by atoms with Gasteiger partial charge in [-0.15, -0.1) is 10.2 Å². The monoisotopic (exact) mass is 297 g/mol. The molecule has 1 N–H and O–H groups in total. The SMILES string of the molecule is CCCNC(C)c1nnc(-c2ccc(OC(F)F)cc2)o1. The van der Waals surface area contributed by atoms with Crippen molar-refractivity contribution < 1.29 is 17.9 Å². The van der Waals surface area contributed by atoms with Gasteiger partial charge in [0.1, 0.15) is 5.75 Å². The van der Waals surface area contributed by atoms with Crippen LogP contribution >= 0.6 is 0 Å². The third-order valence-electron chi connectivity index (χ3n) is 2.84. The quantitative estimate of drug-likeness (QED) is 0.848. The molecule has 5 nitrogen and oxygen atoms in total. The van der Waals surface area contributed by atoms with Gasteiger partial charge >= 0.3 is 6.61 Å². The van der Waals surface area contributed by atoms with Crippen LogP contribution < -0.4 is 10.1 Å². The van der Waals surface area contributed by atoms with Crippen molar-refractivity contribution in [1.82, 2.24) is 15.5 Å². The number of hydrogen-bond donors (Lipinski definition) is 1. The van der Waals surface area contributed by atoms with Gasteiger partial charge in [0.25, 0.3) is 0 Å². The maximum absolute atomic E-state index is 12.1. The van der Waals surface area contributed by atoms with E-state index in [0.29, 0.717) is 17.3 Å². The number of hydrogen-bond acceptors (Lipinski definition) is 5. The van der Waals surface area contributed by atoms with E-state index >= 15 is 0 Å². The summed E-state index contributed by atoms with van der Waals surface area (Å²) >= 11 is 0. The minimum atomic E-state index is -2.84. The second-order valence-corrected chi connectivity index (χ2v) is 4.52. The average Bonchev–Trinajstić information content (AvgIpc) is 2.95. The van der Waals surface area contributed by atoms with Gasteiger partial charge in [0.2, 0.25) is 11.8 Å². The highest BCUT2D eigenvalue weighted by Crippen LogP contribution is 2.23. The van der Waals surface area contributed by atoms with Crippen molar-refractivity contribution in [3.05, 3.63) is 30.2 Å². The smallest absolute Gasteiger partial charge is 0.387 e. The molecule has 0 bridgehead atoms. The molecule has 0 saturated carbocycles. The maximum atomic E-state index is 12.1. The van der Waals surface area contributed by atoms with E-state index in [1.165, 1.54) is 12.1 Å². The van der Waals surface area contributed by atoms with E-state index in [-0.39, 0.29) is 11.8 Å². The molecule has 21 heavy (non-hydrogen) atoms. The number of aromatic nitrogens is 2. The van der Waals surface area contributed by atoms with Crippen molar-refractivity contribution in [3.8, 4) is 17.2 Å². The molecule has 2 rings (SSSR count). The zero-order chi connectivity index (χ0) is 15.2. The molecule has 0 amide bonds. The van der Waals surface area contributed by atoms with Crippen LogP contribution in [0.25, 0.3) is 11.5 Å². The Bertz CT molecular complexity index is 558. The number of halogens is 2. The third-order valence-corrected chi connectivity index (χ3v) is 2.84. The zero-order valence-electron chi connectivity index (χ0n) is 11.8. The van der Waals surface area contributed by atoms with E-state index in [1.54, 1.807) is 12.1 Å². The molecule has 7 heteroatoms. The van der Waals surface area contributed by atoms with Crippen LogP contribution in [0.1, 0.15) is 32.2 Å². The van der Waals surface area contributed by atoms with Crippen molar-refractivity contribution in [2.45, 2.75) is 32.9 Å². The van der Waals surface area contributed by atoms with E-state index in [9.17, 15) is 8.78 Å². The minimum absolute atomic E-state index is 0.0346. The molecule has 0 aliphatic carbocycles. The normalized spacial score (nSPS) is 12.6. The van der Waals surface area contributed by atoms with Gasteiger partial charge in [-0.05, 0) is 44.2 Å². The molecule has 1 aromatic heterocycles. The number of benzene rings is 1. The number of ether oxygens (including phenoxy) is 1. The highest BCUT2D eigenvalue weighted by atomic mass is 19.3. The van der Waals surface area contributed by atoms with Crippen LogP contribution in [-0.4, -0.2) is 23.4 Å². The second kappa shape index (κ2) is 7.12. The largest absolute Gasteiger partial charge is 0.435 e. The molecule has 1 aromatic carbocycles. The first-order valence-electron chi connectivity index (χ1n) is 6.72. The summed E-state index contributed by atoms with van der Waals surface area (Å²) in [5.41, 5.74) is 0.651. The zero-order valence-corrected chi connectivity index (χ0v) is 11.8. The van der Waals surface area contributed by atoms with Crippen LogP contribution in [0.2, 0.25) is 0 Å². The number of alkyl halides is 2. The summed E-state index contributed by atoms with van der Waals surface area (Å²) in [6, 6.07) is 6.03. The van der Waals surface area contributed by atoms with Crippen molar-refractivity contribution in [2.75, 3.05) is 6.54 Å². The molecule has 0 aliphatic heterocycles. The van der Waals surface area contributed by atoms with Gasteiger partial charge in [0, 0.05) is 5.56 Å². The highest BCUT2D eigenvalue weighted by molar-refractivity contribution is 5.53. The van der Waals surface area contributed by atoms with Gasteiger partial charge < -0.3 is 14.5 Å². The van der Waals surface area contributed by atoms with Crippen LogP contribution in [0.5, 0.6) is 5.75 Å². The van der Waals surface area contributed by atoms with Crippen LogP contribution in [0.3, 0.4) is 0 Å².